The molecule has 4 nitrogen and oxygen atoms in total. The molecule has 2 N–H and O–H groups in total. The van der Waals surface area contributed by atoms with Crippen LogP contribution in [0, 0.1) is 0 Å². The van der Waals surface area contributed by atoms with Gasteiger partial charge < -0.3 is 10.6 Å². The topological polar surface area (TPSA) is 58.2 Å². The van der Waals surface area contributed by atoms with E-state index in [2.05, 4.69) is 10.6 Å². The smallest absolute Gasteiger partial charge is 0.265 e. The van der Waals surface area contributed by atoms with Crippen LogP contribution in [0.15, 0.2) is 30.3 Å². The Morgan fingerprint density at radius 2 is 2.00 bits per heavy atom. The Bertz CT molecular complexity index is 685. The Balaban J connectivity index is 1.76. The number of nitrogens with one attached hydrogen (secondary N) is 2. The monoisotopic (exact) mass is 300 g/mol. The maximum absolute atomic E-state index is 12.3. The number of amides is 2. The predicted octanol–water partition coefficient (Wildman–Crippen LogP) is 2.85. The third kappa shape index (κ3) is 2.83. The third-order valence-corrected chi connectivity index (χ3v) is 4.82. The molecule has 1 heterocycles. The summed E-state index contributed by atoms with van der Waals surface area (Å²) in [4.78, 5) is 25.9. The molecule has 0 radical (unpaired) electrons. The summed E-state index contributed by atoms with van der Waals surface area (Å²) in [6.45, 7) is 0. The maximum atomic E-state index is 12.3. The molecule has 2 amide bonds. The molecule has 108 valence electrons. The van der Waals surface area contributed by atoms with Gasteiger partial charge in [0.1, 0.15) is 0 Å². The van der Waals surface area contributed by atoms with Crippen molar-refractivity contribution in [2.24, 2.45) is 0 Å². The molecule has 3 rings (SSSR count). The van der Waals surface area contributed by atoms with E-state index >= 15 is 0 Å². The van der Waals surface area contributed by atoms with Gasteiger partial charge in [0, 0.05) is 23.2 Å². The lowest BCUT2D eigenvalue weighted by atomic mass is 10.2. The summed E-state index contributed by atoms with van der Waals surface area (Å²) in [5.74, 6) is -0.273. The van der Waals surface area contributed by atoms with Gasteiger partial charge in [0.25, 0.3) is 11.8 Å². The van der Waals surface area contributed by atoms with E-state index < -0.39 is 0 Å². The van der Waals surface area contributed by atoms with Gasteiger partial charge in [-0.15, -0.1) is 11.3 Å². The summed E-state index contributed by atoms with van der Waals surface area (Å²) >= 11 is 1.57. The Morgan fingerprint density at radius 3 is 2.76 bits per heavy atom. The van der Waals surface area contributed by atoms with Crippen molar-refractivity contribution >= 4 is 28.8 Å². The van der Waals surface area contributed by atoms with Crippen molar-refractivity contribution in [2.45, 2.75) is 19.3 Å². The van der Waals surface area contributed by atoms with Gasteiger partial charge in [0.2, 0.25) is 0 Å². The van der Waals surface area contributed by atoms with Gasteiger partial charge in [-0.3, -0.25) is 9.59 Å². The van der Waals surface area contributed by atoms with Gasteiger partial charge in [-0.05, 0) is 49.1 Å². The van der Waals surface area contributed by atoms with Crippen molar-refractivity contribution in [2.75, 3.05) is 12.4 Å². The second-order valence-corrected chi connectivity index (χ2v) is 6.16. The largest absolute Gasteiger partial charge is 0.355 e. The van der Waals surface area contributed by atoms with Crippen molar-refractivity contribution in [1.29, 1.82) is 0 Å². The molecular weight excluding hydrogens is 284 g/mol. The molecule has 5 heteroatoms. The number of hydrogen-bond acceptors (Lipinski definition) is 3. The number of carbonyl (C=O) groups excluding carboxylic acids is 2. The lowest BCUT2D eigenvalue weighted by Crippen LogP contribution is -2.18. The summed E-state index contributed by atoms with van der Waals surface area (Å²) in [5, 5.41) is 5.43. The predicted molar refractivity (Wildman–Crippen MR) is 84.1 cm³/mol. The summed E-state index contributed by atoms with van der Waals surface area (Å²) in [7, 11) is 1.58. The molecule has 1 aromatic heterocycles. The zero-order valence-corrected chi connectivity index (χ0v) is 12.5. The van der Waals surface area contributed by atoms with Crippen molar-refractivity contribution in [1.82, 2.24) is 5.32 Å². The molecule has 1 aliphatic carbocycles. The van der Waals surface area contributed by atoms with E-state index in [-0.39, 0.29) is 11.8 Å². The molecule has 0 atom stereocenters. The molecule has 1 aromatic carbocycles. The Morgan fingerprint density at radius 1 is 1.14 bits per heavy atom. The molecule has 0 bridgehead atoms. The highest BCUT2D eigenvalue weighted by Gasteiger charge is 2.18. The van der Waals surface area contributed by atoms with Crippen molar-refractivity contribution in [3.8, 4) is 0 Å². The lowest BCUT2D eigenvalue weighted by molar-refractivity contribution is 0.0961. The average molecular weight is 300 g/mol. The van der Waals surface area contributed by atoms with Crippen LogP contribution >= 0.6 is 11.3 Å². The first kappa shape index (κ1) is 13.8. The van der Waals surface area contributed by atoms with Crippen LogP contribution in [0.2, 0.25) is 0 Å². The third-order valence-electron chi connectivity index (χ3n) is 3.58. The molecule has 0 unspecified atom stereocenters. The molecular formula is C16H16N2O2S. The van der Waals surface area contributed by atoms with Gasteiger partial charge >= 0.3 is 0 Å². The first-order valence-electron chi connectivity index (χ1n) is 6.92. The summed E-state index contributed by atoms with van der Waals surface area (Å²) in [6, 6.07) is 8.93. The van der Waals surface area contributed by atoms with Gasteiger partial charge in [-0.2, -0.15) is 0 Å². The molecule has 0 saturated carbocycles. The van der Waals surface area contributed by atoms with Crippen molar-refractivity contribution in [3.63, 3.8) is 0 Å². The standard InChI is InChI=1S/C16H16N2O2S/c1-17-15(19)11-5-2-6-12(8-11)18-16(20)14-9-10-4-3-7-13(10)21-14/h2,5-6,8-9H,3-4,7H2,1H3,(H,17,19)(H,18,20). The molecule has 1 aliphatic rings. The van der Waals surface area contributed by atoms with Crippen LogP contribution in [-0.2, 0) is 12.8 Å². The SMILES string of the molecule is CNC(=O)c1cccc(NC(=O)c2cc3c(s2)CCC3)c1. The van der Waals surface area contributed by atoms with Crippen molar-refractivity contribution < 1.29 is 9.59 Å². The van der Waals surface area contributed by atoms with E-state index in [1.807, 2.05) is 6.07 Å². The number of aryl methyl sites for hydroxylation is 2. The number of thiophene rings is 1. The van der Waals surface area contributed by atoms with E-state index in [4.69, 9.17) is 0 Å². The van der Waals surface area contributed by atoms with E-state index in [0.29, 0.717) is 11.3 Å². The quantitative estimate of drug-likeness (QED) is 0.915. The molecule has 0 aliphatic heterocycles. The van der Waals surface area contributed by atoms with E-state index in [1.54, 1.807) is 42.6 Å². The highest BCUT2D eigenvalue weighted by atomic mass is 32.1. The number of benzene rings is 1. The van der Waals surface area contributed by atoms with E-state index in [9.17, 15) is 9.59 Å². The minimum Gasteiger partial charge on any atom is -0.355 e. The average Bonchev–Trinajstić information content (AvgIpc) is 3.08. The van der Waals surface area contributed by atoms with Crippen LogP contribution < -0.4 is 10.6 Å². The number of hydrogen-bond donors (Lipinski definition) is 2. The summed E-state index contributed by atoms with van der Waals surface area (Å²) < 4.78 is 0. The van der Waals surface area contributed by atoms with Crippen LogP contribution in [-0.4, -0.2) is 18.9 Å². The molecule has 2 aromatic rings. The van der Waals surface area contributed by atoms with Crippen LogP contribution in [0.1, 0.15) is 36.9 Å². The van der Waals surface area contributed by atoms with Crippen LogP contribution in [0.25, 0.3) is 0 Å². The lowest BCUT2D eigenvalue weighted by Gasteiger charge is -2.06. The second kappa shape index (κ2) is 5.69. The van der Waals surface area contributed by atoms with E-state index in [0.717, 1.165) is 17.7 Å². The Hall–Kier alpha value is -2.14. The Kier molecular flexibility index (Phi) is 3.75. The second-order valence-electron chi connectivity index (χ2n) is 5.03. The van der Waals surface area contributed by atoms with Gasteiger partial charge in [-0.1, -0.05) is 6.07 Å². The molecule has 0 spiro atoms. The Labute approximate surface area is 127 Å². The summed E-state index contributed by atoms with van der Waals surface area (Å²) in [5.41, 5.74) is 2.47. The molecule has 21 heavy (non-hydrogen) atoms. The first-order valence-corrected chi connectivity index (χ1v) is 7.74. The number of anilines is 1. The van der Waals surface area contributed by atoms with Crippen molar-refractivity contribution in [3.05, 3.63) is 51.2 Å². The zero-order chi connectivity index (χ0) is 14.8. The van der Waals surface area contributed by atoms with E-state index in [1.165, 1.54) is 16.9 Å². The minimum absolute atomic E-state index is 0.108. The first-order chi connectivity index (χ1) is 10.2. The molecule has 0 saturated heterocycles. The van der Waals surface area contributed by atoms with Gasteiger partial charge in [-0.25, -0.2) is 0 Å². The van der Waals surface area contributed by atoms with Gasteiger partial charge in [0.05, 0.1) is 4.88 Å². The fourth-order valence-corrected chi connectivity index (χ4v) is 3.67. The van der Waals surface area contributed by atoms with Gasteiger partial charge in [0.15, 0.2) is 0 Å². The highest BCUT2D eigenvalue weighted by Crippen LogP contribution is 2.31. The summed E-state index contributed by atoms with van der Waals surface area (Å²) in [6.07, 6.45) is 3.35. The maximum Gasteiger partial charge on any atom is 0.265 e. The normalized spacial score (nSPS) is 12.8. The van der Waals surface area contributed by atoms with Crippen LogP contribution in [0.4, 0.5) is 5.69 Å². The fraction of sp³-hybridized carbons (Fsp3) is 0.250. The number of fused-ring (bicyclic) bond motifs is 1. The zero-order valence-electron chi connectivity index (χ0n) is 11.7. The fourth-order valence-electron chi connectivity index (χ4n) is 2.52. The minimum atomic E-state index is -0.166. The molecule has 0 fully saturated rings. The highest BCUT2D eigenvalue weighted by molar-refractivity contribution is 7.14. The number of rotatable bonds is 3. The van der Waals surface area contributed by atoms with Crippen LogP contribution in [0.5, 0.6) is 0 Å². The number of carbonyl (C=O) groups is 2. The van der Waals surface area contributed by atoms with Crippen LogP contribution in [0.3, 0.4) is 0 Å².